The van der Waals surface area contributed by atoms with Gasteiger partial charge in [0.2, 0.25) is 0 Å². The molecule has 0 aromatic heterocycles. The molecule has 4 heteroatoms. The van der Waals surface area contributed by atoms with Crippen LogP contribution in [0.4, 0.5) is 0 Å². The molecule has 0 aliphatic carbocycles. The molecule has 0 amide bonds. The van der Waals surface area contributed by atoms with E-state index in [2.05, 4.69) is 80.2 Å². The number of terminal acetylenes is 1. The summed E-state index contributed by atoms with van der Waals surface area (Å²) >= 11 is 0. The molecule has 2 atom stereocenters. The van der Waals surface area contributed by atoms with E-state index >= 15 is 0 Å². The molecular formula is C20H40O2Si2. The molecule has 0 saturated carbocycles. The van der Waals surface area contributed by atoms with Gasteiger partial charge >= 0.3 is 0 Å². The van der Waals surface area contributed by atoms with E-state index in [0.29, 0.717) is 0 Å². The highest BCUT2D eigenvalue weighted by Crippen LogP contribution is 2.40. The second kappa shape index (κ2) is 8.36. The van der Waals surface area contributed by atoms with Gasteiger partial charge in [-0.15, -0.1) is 13.0 Å². The summed E-state index contributed by atoms with van der Waals surface area (Å²) in [4.78, 5) is 0. The van der Waals surface area contributed by atoms with E-state index in [0.717, 1.165) is 12.8 Å². The predicted molar refractivity (Wildman–Crippen MR) is 112 cm³/mol. The topological polar surface area (TPSA) is 18.5 Å². The summed E-state index contributed by atoms with van der Waals surface area (Å²) < 4.78 is 13.0. The lowest BCUT2D eigenvalue weighted by atomic mass is 10.1. The summed E-state index contributed by atoms with van der Waals surface area (Å²) in [6.07, 6.45) is 9.16. The maximum Gasteiger partial charge on any atom is 0.193 e. The van der Waals surface area contributed by atoms with Gasteiger partial charge in [-0.2, -0.15) is 0 Å². The summed E-state index contributed by atoms with van der Waals surface area (Å²) in [7, 11) is -3.73. The molecule has 0 aliphatic heterocycles. The zero-order valence-corrected chi connectivity index (χ0v) is 19.7. The average molecular weight is 369 g/mol. The monoisotopic (exact) mass is 368 g/mol. The van der Waals surface area contributed by atoms with Crippen molar-refractivity contribution < 1.29 is 8.85 Å². The molecule has 0 heterocycles. The normalized spacial score (nSPS) is 16.4. The van der Waals surface area contributed by atoms with Gasteiger partial charge in [0.15, 0.2) is 16.6 Å². The van der Waals surface area contributed by atoms with Crippen LogP contribution in [-0.2, 0) is 8.85 Å². The Morgan fingerprint density at radius 3 is 1.71 bits per heavy atom. The van der Waals surface area contributed by atoms with E-state index in [1.54, 1.807) is 0 Å². The minimum Gasteiger partial charge on any atom is -0.413 e. The first-order valence-electron chi connectivity index (χ1n) is 9.00. The molecule has 140 valence electrons. The third-order valence-corrected chi connectivity index (χ3v) is 14.6. The van der Waals surface area contributed by atoms with Crippen molar-refractivity contribution in [1.82, 2.24) is 0 Å². The molecule has 0 radical (unpaired) electrons. The maximum absolute atomic E-state index is 6.58. The second-order valence-electron chi connectivity index (χ2n) is 9.79. The Kier molecular flexibility index (Phi) is 8.24. The summed E-state index contributed by atoms with van der Waals surface area (Å²) in [5, 5.41) is 0.328. The first kappa shape index (κ1) is 23.7. The molecule has 0 unspecified atom stereocenters. The fourth-order valence-corrected chi connectivity index (χ4v) is 4.50. The zero-order chi connectivity index (χ0) is 19.4. The van der Waals surface area contributed by atoms with E-state index < -0.39 is 16.6 Å². The molecule has 0 fully saturated rings. The third-order valence-electron chi connectivity index (χ3n) is 5.60. The molecule has 0 saturated heterocycles. The van der Waals surface area contributed by atoms with Gasteiger partial charge in [0.1, 0.15) is 6.10 Å². The Labute approximate surface area is 153 Å². The first-order valence-corrected chi connectivity index (χ1v) is 14.8. The summed E-state index contributed by atoms with van der Waals surface area (Å²) in [6, 6.07) is 0. The van der Waals surface area contributed by atoms with Crippen molar-refractivity contribution in [2.75, 3.05) is 0 Å². The van der Waals surface area contributed by atoms with Gasteiger partial charge in [-0.1, -0.05) is 53.5 Å². The van der Waals surface area contributed by atoms with Crippen LogP contribution >= 0.6 is 0 Å². The molecule has 0 N–H and O–H groups in total. The van der Waals surface area contributed by atoms with Crippen molar-refractivity contribution in [2.24, 2.45) is 0 Å². The van der Waals surface area contributed by atoms with Crippen molar-refractivity contribution >= 4 is 16.6 Å². The molecule has 0 spiro atoms. The zero-order valence-electron chi connectivity index (χ0n) is 17.7. The molecule has 0 aromatic carbocycles. The lowest BCUT2D eigenvalue weighted by molar-refractivity contribution is 0.120. The average Bonchev–Trinajstić information content (AvgIpc) is 2.34. The second-order valence-corrected chi connectivity index (χ2v) is 19.3. The van der Waals surface area contributed by atoms with Gasteiger partial charge in [0.05, 0.1) is 6.10 Å². The van der Waals surface area contributed by atoms with Crippen LogP contribution in [0.1, 0.15) is 54.4 Å². The van der Waals surface area contributed by atoms with Crippen molar-refractivity contribution in [2.45, 2.75) is 103 Å². The van der Waals surface area contributed by atoms with Gasteiger partial charge in [-0.3, -0.25) is 0 Å². The minimum atomic E-state index is -1.89. The van der Waals surface area contributed by atoms with Crippen molar-refractivity contribution in [1.29, 1.82) is 0 Å². The number of rotatable bonds is 8. The fraction of sp³-hybridized carbons (Fsp3) is 0.800. The van der Waals surface area contributed by atoms with Crippen LogP contribution in [-0.4, -0.2) is 28.8 Å². The SMILES string of the molecule is C#C[C@@H](C[C@H](CC=C)O[Si](C)(C)C(C)(C)C)O[Si](C)(C)C(C)(C)C. The Hall–Kier alpha value is -0.346. The highest BCUT2D eigenvalue weighted by atomic mass is 28.4. The van der Waals surface area contributed by atoms with Gasteiger partial charge in [-0.25, -0.2) is 0 Å². The van der Waals surface area contributed by atoms with Crippen LogP contribution in [0.3, 0.4) is 0 Å². The molecule has 0 aromatic rings. The minimum absolute atomic E-state index is 0.0780. The van der Waals surface area contributed by atoms with E-state index in [1.165, 1.54) is 0 Å². The molecule has 0 rings (SSSR count). The quantitative estimate of drug-likeness (QED) is 0.282. The maximum atomic E-state index is 6.58. The van der Waals surface area contributed by atoms with Crippen LogP contribution < -0.4 is 0 Å². The summed E-state index contributed by atoms with van der Waals surface area (Å²) in [6.45, 7) is 26.4. The smallest absolute Gasteiger partial charge is 0.193 e. The van der Waals surface area contributed by atoms with E-state index in [1.807, 2.05) is 6.08 Å². The Balaban J connectivity index is 5.16. The van der Waals surface area contributed by atoms with Crippen molar-refractivity contribution in [3.8, 4) is 12.3 Å². The van der Waals surface area contributed by atoms with Gasteiger partial charge in [-0.05, 0) is 42.7 Å². The molecule has 2 nitrogen and oxygen atoms in total. The van der Waals surface area contributed by atoms with Crippen LogP contribution in [0.25, 0.3) is 0 Å². The van der Waals surface area contributed by atoms with E-state index in [-0.39, 0.29) is 22.3 Å². The lowest BCUT2D eigenvalue weighted by Gasteiger charge is -2.41. The fourth-order valence-electron chi connectivity index (χ4n) is 1.89. The van der Waals surface area contributed by atoms with Gasteiger partial charge in [0.25, 0.3) is 0 Å². The largest absolute Gasteiger partial charge is 0.413 e. The summed E-state index contributed by atoms with van der Waals surface area (Å²) in [5.74, 6) is 2.86. The van der Waals surface area contributed by atoms with E-state index in [9.17, 15) is 0 Å². The van der Waals surface area contributed by atoms with Gasteiger partial charge < -0.3 is 8.85 Å². The Bertz CT molecular complexity index is 448. The lowest BCUT2D eigenvalue weighted by Crippen LogP contribution is -2.47. The molecule has 0 aliphatic rings. The van der Waals surface area contributed by atoms with Crippen molar-refractivity contribution in [3.63, 3.8) is 0 Å². The number of hydrogen-bond donors (Lipinski definition) is 0. The third kappa shape index (κ3) is 6.88. The van der Waals surface area contributed by atoms with Crippen LogP contribution in [0, 0.1) is 12.3 Å². The summed E-state index contributed by atoms with van der Waals surface area (Å²) in [5.41, 5.74) is 0. The highest BCUT2D eigenvalue weighted by molar-refractivity contribution is 6.74. The number of hydrogen-bond acceptors (Lipinski definition) is 2. The van der Waals surface area contributed by atoms with Crippen molar-refractivity contribution in [3.05, 3.63) is 12.7 Å². The van der Waals surface area contributed by atoms with E-state index in [4.69, 9.17) is 15.3 Å². The molecule has 0 bridgehead atoms. The molecule has 24 heavy (non-hydrogen) atoms. The Morgan fingerprint density at radius 2 is 1.38 bits per heavy atom. The molecular weight excluding hydrogens is 328 g/mol. The van der Waals surface area contributed by atoms with Crippen LogP contribution in [0.2, 0.25) is 36.3 Å². The predicted octanol–water partition coefficient (Wildman–Crippen LogP) is 6.37. The standard InChI is InChI=1S/C20H40O2Si2/c1-13-15-18(22-24(11,12)20(6,7)8)16-17(14-2)21-23(9,10)19(3,4)5/h2,13,17-18H,1,15-16H2,3-12H3/t17-,18-/m0/s1. The van der Waals surface area contributed by atoms with Crippen LogP contribution in [0.15, 0.2) is 12.7 Å². The first-order chi connectivity index (χ1) is 10.6. The van der Waals surface area contributed by atoms with Crippen LogP contribution in [0.5, 0.6) is 0 Å². The van der Waals surface area contributed by atoms with Gasteiger partial charge in [0, 0.05) is 6.42 Å². The highest BCUT2D eigenvalue weighted by Gasteiger charge is 2.41. The Morgan fingerprint density at radius 1 is 0.958 bits per heavy atom.